The molecule has 1 fully saturated rings. The zero-order chi connectivity index (χ0) is 28.4. The van der Waals surface area contributed by atoms with Crippen molar-refractivity contribution in [1.29, 1.82) is 0 Å². The lowest BCUT2D eigenvalue weighted by Crippen LogP contribution is -2.44. The summed E-state index contributed by atoms with van der Waals surface area (Å²) in [6.45, 7) is 5.44. The molecule has 4 aromatic rings. The lowest BCUT2D eigenvalue weighted by atomic mass is 10.0. The second-order valence-electron chi connectivity index (χ2n) is 10.1. The van der Waals surface area contributed by atoms with Gasteiger partial charge < -0.3 is 35.3 Å². The number of nitrogens with zero attached hydrogens (tertiary/aromatic N) is 2. The van der Waals surface area contributed by atoms with Crippen LogP contribution in [-0.2, 0) is 4.79 Å². The number of aryl methyl sites for hydroxylation is 1. The van der Waals surface area contributed by atoms with Gasteiger partial charge in [-0.3, -0.25) is 9.59 Å². The quantitative estimate of drug-likeness (QED) is 0.202. The zero-order valence-corrected chi connectivity index (χ0v) is 24.3. The van der Waals surface area contributed by atoms with Gasteiger partial charge in [-0.25, -0.2) is 4.98 Å². The molecule has 0 spiro atoms. The molecule has 11 heteroatoms. The Kier molecular flexibility index (Phi) is 8.13. The second kappa shape index (κ2) is 11.7. The molecule has 1 atom stereocenters. The van der Waals surface area contributed by atoms with E-state index in [0.717, 1.165) is 52.7 Å². The van der Waals surface area contributed by atoms with E-state index < -0.39 is 6.10 Å². The van der Waals surface area contributed by atoms with Crippen molar-refractivity contribution in [2.24, 2.45) is 0 Å². The van der Waals surface area contributed by atoms with E-state index in [-0.39, 0.29) is 24.1 Å². The highest BCUT2D eigenvalue weighted by molar-refractivity contribution is 9.10. The fourth-order valence-electron chi connectivity index (χ4n) is 5.22. The van der Waals surface area contributed by atoms with Crippen LogP contribution in [0.1, 0.15) is 37.0 Å². The molecule has 0 aliphatic carbocycles. The van der Waals surface area contributed by atoms with Crippen LogP contribution in [0.25, 0.3) is 22.4 Å². The van der Waals surface area contributed by atoms with Gasteiger partial charge in [0.05, 0.1) is 34.4 Å². The van der Waals surface area contributed by atoms with Crippen LogP contribution in [0, 0.1) is 6.92 Å². The van der Waals surface area contributed by atoms with Gasteiger partial charge in [0.2, 0.25) is 5.91 Å². The number of hydrogen-bond donors (Lipinski definition) is 5. The standard InChI is InChI=1S/C29H33BrN6O4/c1-16-12-20(36-10-7-19(8-11-36)33-17(2)37)14-23-27(16)35-28(34-23)26-22(6-9-31-29(26)39)32-15-24(38)18-4-5-25(40-3)21(30)13-18/h4-6,9,12-14,19,24,38H,7-8,10-11,15H2,1-3H3,(H,33,37)(H,34,35)(H2,31,32,39)/t24-/m1/s1. The predicted molar refractivity (Wildman–Crippen MR) is 160 cm³/mol. The monoisotopic (exact) mass is 608 g/mol. The van der Waals surface area contributed by atoms with Crippen LogP contribution in [0.4, 0.5) is 11.4 Å². The van der Waals surface area contributed by atoms with Crippen LogP contribution < -0.4 is 25.8 Å². The van der Waals surface area contributed by atoms with Crippen molar-refractivity contribution in [2.45, 2.75) is 38.8 Å². The Bertz CT molecular complexity index is 1590. The predicted octanol–water partition coefficient (Wildman–Crippen LogP) is 4.25. The molecule has 1 amide bonds. The number of carbonyl (C=O) groups is 1. The van der Waals surface area contributed by atoms with E-state index in [4.69, 9.17) is 9.72 Å². The minimum atomic E-state index is -0.815. The second-order valence-corrected chi connectivity index (χ2v) is 10.9. The summed E-state index contributed by atoms with van der Waals surface area (Å²) >= 11 is 3.45. The summed E-state index contributed by atoms with van der Waals surface area (Å²) < 4.78 is 6.02. The Hall–Kier alpha value is -3.83. The lowest BCUT2D eigenvalue weighted by Gasteiger charge is -2.34. The Morgan fingerprint density at radius 1 is 1.25 bits per heavy atom. The molecule has 0 saturated carbocycles. The summed E-state index contributed by atoms with van der Waals surface area (Å²) in [5.41, 5.74) is 5.07. The number of anilines is 2. The molecule has 0 radical (unpaired) electrons. The van der Waals surface area contributed by atoms with Gasteiger partial charge in [0, 0.05) is 44.5 Å². The third-order valence-corrected chi connectivity index (χ3v) is 7.89. The number of amides is 1. The first kappa shape index (κ1) is 27.7. The maximum absolute atomic E-state index is 13.0. The molecule has 0 unspecified atom stereocenters. The molecule has 2 aromatic carbocycles. The number of piperidine rings is 1. The van der Waals surface area contributed by atoms with E-state index in [9.17, 15) is 14.7 Å². The van der Waals surface area contributed by atoms with Gasteiger partial charge in [-0.05, 0) is 77.2 Å². The van der Waals surface area contributed by atoms with Gasteiger partial charge >= 0.3 is 0 Å². The minimum Gasteiger partial charge on any atom is -0.496 e. The summed E-state index contributed by atoms with van der Waals surface area (Å²) in [5, 5.41) is 17.0. The zero-order valence-electron chi connectivity index (χ0n) is 22.7. The average Bonchev–Trinajstić information content (AvgIpc) is 3.36. The van der Waals surface area contributed by atoms with E-state index in [1.807, 2.05) is 13.0 Å². The van der Waals surface area contributed by atoms with Crippen LogP contribution in [-0.4, -0.2) is 58.8 Å². The van der Waals surface area contributed by atoms with Gasteiger partial charge in [0.1, 0.15) is 17.1 Å². The number of methoxy groups -OCH3 is 1. The largest absolute Gasteiger partial charge is 0.496 e. The number of pyridine rings is 1. The van der Waals surface area contributed by atoms with E-state index in [0.29, 0.717) is 28.4 Å². The SMILES string of the molecule is COc1ccc([C@H](O)CNc2cc[nH]c(=O)c2-c2nc3c(C)cc(N4CCC(NC(C)=O)CC4)cc3[nH]2)cc1Br. The fourth-order valence-corrected chi connectivity index (χ4v) is 5.78. The summed E-state index contributed by atoms with van der Waals surface area (Å²) in [4.78, 5) is 37.6. The third-order valence-electron chi connectivity index (χ3n) is 7.27. The Morgan fingerprint density at radius 2 is 2.02 bits per heavy atom. The van der Waals surface area contributed by atoms with Gasteiger partial charge in [-0.15, -0.1) is 0 Å². The highest BCUT2D eigenvalue weighted by Crippen LogP contribution is 2.31. The summed E-state index contributed by atoms with van der Waals surface area (Å²) in [7, 11) is 1.59. The Balaban J connectivity index is 1.37. The first-order valence-electron chi connectivity index (χ1n) is 13.2. The minimum absolute atomic E-state index is 0.00813. The van der Waals surface area contributed by atoms with Crippen molar-refractivity contribution in [1.82, 2.24) is 20.3 Å². The fraction of sp³-hybridized carbons (Fsp3) is 0.345. The van der Waals surface area contributed by atoms with Crippen LogP contribution in [0.5, 0.6) is 5.75 Å². The lowest BCUT2D eigenvalue weighted by molar-refractivity contribution is -0.119. The molecular formula is C29H33BrN6O4. The van der Waals surface area contributed by atoms with Crippen LogP contribution >= 0.6 is 15.9 Å². The number of fused-ring (bicyclic) bond motifs is 1. The smallest absolute Gasteiger partial charge is 0.261 e. The molecular weight excluding hydrogens is 576 g/mol. The summed E-state index contributed by atoms with van der Waals surface area (Å²) in [6, 6.07) is 11.5. The number of ether oxygens (including phenoxy) is 1. The number of aromatic nitrogens is 3. The van der Waals surface area contributed by atoms with E-state index in [2.05, 4.69) is 53.6 Å². The summed E-state index contributed by atoms with van der Waals surface area (Å²) in [5.74, 6) is 1.14. The Morgan fingerprint density at radius 3 is 2.73 bits per heavy atom. The van der Waals surface area contributed by atoms with Crippen molar-refractivity contribution in [3.63, 3.8) is 0 Å². The molecule has 2 aromatic heterocycles. The highest BCUT2D eigenvalue weighted by atomic mass is 79.9. The first-order chi connectivity index (χ1) is 19.2. The van der Waals surface area contributed by atoms with E-state index in [1.54, 1.807) is 38.4 Å². The third kappa shape index (κ3) is 5.85. The number of H-pyrrole nitrogens is 2. The highest BCUT2D eigenvalue weighted by Gasteiger charge is 2.22. The van der Waals surface area contributed by atoms with E-state index >= 15 is 0 Å². The van der Waals surface area contributed by atoms with Gasteiger partial charge in [0.25, 0.3) is 5.56 Å². The molecule has 5 rings (SSSR count). The van der Waals surface area contributed by atoms with Crippen molar-refractivity contribution >= 4 is 44.2 Å². The molecule has 1 aliphatic heterocycles. The number of nitrogens with one attached hydrogen (secondary N) is 4. The van der Waals surface area contributed by atoms with Crippen LogP contribution in [0.15, 0.2) is 51.9 Å². The topological polar surface area (TPSA) is 135 Å². The maximum Gasteiger partial charge on any atom is 0.261 e. The van der Waals surface area contributed by atoms with Gasteiger partial charge in [-0.2, -0.15) is 0 Å². The number of carbonyl (C=O) groups excluding carboxylic acids is 1. The van der Waals surface area contributed by atoms with Crippen molar-refractivity contribution in [2.75, 3.05) is 37.0 Å². The maximum atomic E-state index is 13.0. The number of hydrogen-bond acceptors (Lipinski definition) is 7. The molecule has 5 N–H and O–H groups in total. The number of aliphatic hydroxyl groups excluding tert-OH is 1. The molecule has 1 aliphatic rings. The molecule has 40 heavy (non-hydrogen) atoms. The van der Waals surface area contributed by atoms with E-state index in [1.165, 1.54) is 0 Å². The Labute approximate surface area is 240 Å². The number of benzene rings is 2. The molecule has 3 heterocycles. The number of rotatable bonds is 8. The molecule has 210 valence electrons. The summed E-state index contributed by atoms with van der Waals surface area (Å²) in [6.07, 6.45) is 2.53. The van der Waals surface area contributed by atoms with Crippen molar-refractivity contribution in [3.8, 4) is 17.1 Å². The first-order valence-corrected chi connectivity index (χ1v) is 14.0. The normalized spacial score (nSPS) is 14.8. The molecule has 1 saturated heterocycles. The average molecular weight is 610 g/mol. The molecule has 0 bridgehead atoms. The number of aliphatic hydroxyl groups is 1. The number of aromatic amines is 2. The van der Waals surface area contributed by atoms with Gasteiger partial charge in [-0.1, -0.05) is 6.07 Å². The van der Waals surface area contributed by atoms with Crippen LogP contribution in [0.3, 0.4) is 0 Å². The van der Waals surface area contributed by atoms with Gasteiger partial charge in [0.15, 0.2) is 0 Å². The van der Waals surface area contributed by atoms with Crippen LogP contribution in [0.2, 0.25) is 0 Å². The van der Waals surface area contributed by atoms with Crippen molar-refractivity contribution in [3.05, 3.63) is 68.5 Å². The van der Waals surface area contributed by atoms with Crippen molar-refractivity contribution < 1.29 is 14.6 Å². The number of imidazole rings is 1. The molecule has 10 nitrogen and oxygen atoms in total. The number of halogens is 1.